The summed E-state index contributed by atoms with van der Waals surface area (Å²) in [6, 6.07) is 0.0980. The van der Waals surface area contributed by atoms with E-state index in [0.29, 0.717) is 0 Å². The molecule has 0 radical (unpaired) electrons. The van der Waals surface area contributed by atoms with Crippen LogP contribution in [-0.4, -0.2) is 18.6 Å². The molecule has 1 amide bonds. The van der Waals surface area contributed by atoms with Gasteiger partial charge in [-0.1, -0.05) is 12.8 Å². The molecule has 0 bridgehead atoms. The summed E-state index contributed by atoms with van der Waals surface area (Å²) in [5, 5.41) is 2.62. The predicted molar refractivity (Wildman–Crippen MR) is 62.2 cm³/mol. The maximum Gasteiger partial charge on any atom is 0.258 e. The van der Waals surface area contributed by atoms with Crippen LogP contribution >= 0.6 is 0 Å². The van der Waals surface area contributed by atoms with E-state index in [1.54, 1.807) is 0 Å². The number of hydrogen-bond acceptors (Lipinski definition) is 2. The average molecular weight is 291 g/mol. The third kappa shape index (κ3) is 3.20. The SMILES string of the molecule is O=C(COc1c(F)c(F)cc(F)c1F)NC1CCCC1. The summed E-state index contributed by atoms with van der Waals surface area (Å²) in [4.78, 5) is 11.5. The number of rotatable bonds is 4. The standard InChI is InChI=1S/C13H13F4NO2/c14-8-5-9(15)12(17)13(11(8)16)20-6-10(19)18-7-3-1-2-4-7/h5,7H,1-4,6H2,(H,18,19). The van der Waals surface area contributed by atoms with Gasteiger partial charge in [-0.3, -0.25) is 4.79 Å². The number of carbonyl (C=O) groups excluding carboxylic acids is 1. The fraction of sp³-hybridized carbons (Fsp3) is 0.462. The van der Waals surface area contributed by atoms with Crippen molar-refractivity contribution in [1.29, 1.82) is 0 Å². The molecule has 0 saturated heterocycles. The minimum absolute atomic E-state index is 0.0186. The van der Waals surface area contributed by atoms with Gasteiger partial charge in [0.25, 0.3) is 5.91 Å². The zero-order chi connectivity index (χ0) is 14.7. The maximum atomic E-state index is 13.3. The van der Waals surface area contributed by atoms with Gasteiger partial charge in [-0.2, -0.15) is 8.78 Å². The van der Waals surface area contributed by atoms with E-state index in [1.165, 1.54) is 0 Å². The van der Waals surface area contributed by atoms with Crippen molar-refractivity contribution in [2.24, 2.45) is 0 Å². The molecular weight excluding hydrogens is 278 g/mol. The summed E-state index contributed by atoms with van der Waals surface area (Å²) in [7, 11) is 0. The van der Waals surface area contributed by atoms with Gasteiger partial charge in [-0.15, -0.1) is 0 Å². The number of carbonyl (C=O) groups is 1. The van der Waals surface area contributed by atoms with Gasteiger partial charge in [-0.05, 0) is 12.8 Å². The van der Waals surface area contributed by atoms with Crippen molar-refractivity contribution in [2.45, 2.75) is 31.7 Å². The van der Waals surface area contributed by atoms with Crippen LogP contribution in [-0.2, 0) is 4.79 Å². The van der Waals surface area contributed by atoms with Gasteiger partial charge >= 0.3 is 0 Å². The maximum absolute atomic E-state index is 13.3. The van der Waals surface area contributed by atoms with Gasteiger partial charge in [0, 0.05) is 12.1 Å². The van der Waals surface area contributed by atoms with Gasteiger partial charge in [0.15, 0.2) is 24.0 Å². The third-order valence-electron chi connectivity index (χ3n) is 3.14. The van der Waals surface area contributed by atoms with Crippen molar-refractivity contribution in [3.8, 4) is 5.75 Å². The Bertz CT molecular complexity index is 489. The number of benzene rings is 1. The first-order valence-electron chi connectivity index (χ1n) is 6.24. The molecule has 1 saturated carbocycles. The van der Waals surface area contributed by atoms with Crippen LogP contribution in [0.3, 0.4) is 0 Å². The number of hydrogen-bond donors (Lipinski definition) is 1. The first kappa shape index (κ1) is 14.6. The van der Waals surface area contributed by atoms with Crippen molar-refractivity contribution >= 4 is 5.91 Å². The highest BCUT2D eigenvalue weighted by atomic mass is 19.2. The van der Waals surface area contributed by atoms with E-state index in [4.69, 9.17) is 0 Å². The second kappa shape index (κ2) is 6.11. The zero-order valence-corrected chi connectivity index (χ0v) is 10.5. The second-order valence-corrected chi connectivity index (χ2v) is 4.63. The average Bonchev–Trinajstić information content (AvgIpc) is 2.89. The highest BCUT2D eigenvalue weighted by molar-refractivity contribution is 5.77. The molecule has 1 fully saturated rings. The molecule has 7 heteroatoms. The van der Waals surface area contributed by atoms with Crippen LogP contribution in [0.15, 0.2) is 6.07 Å². The van der Waals surface area contributed by atoms with Crippen LogP contribution in [0.2, 0.25) is 0 Å². The van der Waals surface area contributed by atoms with E-state index in [-0.39, 0.29) is 12.1 Å². The molecule has 0 aliphatic heterocycles. The Hall–Kier alpha value is -1.79. The van der Waals surface area contributed by atoms with Gasteiger partial charge in [0.05, 0.1) is 0 Å². The van der Waals surface area contributed by atoms with Crippen molar-refractivity contribution in [2.75, 3.05) is 6.61 Å². The number of halogens is 4. The molecular formula is C13H13F4NO2. The number of amides is 1. The summed E-state index contributed by atoms with van der Waals surface area (Å²) in [6.07, 6.45) is 3.68. The second-order valence-electron chi connectivity index (χ2n) is 4.63. The first-order chi connectivity index (χ1) is 9.49. The van der Waals surface area contributed by atoms with Crippen LogP contribution in [0.4, 0.5) is 17.6 Å². The fourth-order valence-electron chi connectivity index (χ4n) is 2.16. The van der Waals surface area contributed by atoms with Crippen molar-refractivity contribution in [3.63, 3.8) is 0 Å². The molecule has 110 valence electrons. The van der Waals surface area contributed by atoms with E-state index in [1.807, 2.05) is 0 Å². The van der Waals surface area contributed by atoms with Gasteiger partial charge < -0.3 is 10.1 Å². The van der Waals surface area contributed by atoms with Crippen molar-refractivity contribution < 1.29 is 27.1 Å². The Kier molecular flexibility index (Phi) is 4.46. The quantitative estimate of drug-likeness (QED) is 0.684. The lowest BCUT2D eigenvalue weighted by atomic mass is 10.2. The fourth-order valence-corrected chi connectivity index (χ4v) is 2.16. The van der Waals surface area contributed by atoms with E-state index in [0.717, 1.165) is 25.7 Å². The molecule has 0 aromatic heterocycles. The summed E-state index contributed by atoms with van der Waals surface area (Å²) >= 11 is 0. The molecule has 20 heavy (non-hydrogen) atoms. The first-order valence-corrected chi connectivity index (χ1v) is 6.24. The predicted octanol–water partition coefficient (Wildman–Crippen LogP) is 2.68. The molecule has 3 nitrogen and oxygen atoms in total. The van der Waals surface area contributed by atoms with E-state index in [2.05, 4.69) is 10.1 Å². The Morgan fingerprint density at radius 3 is 2.25 bits per heavy atom. The van der Waals surface area contributed by atoms with E-state index in [9.17, 15) is 22.4 Å². The topological polar surface area (TPSA) is 38.3 Å². The highest BCUT2D eigenvalue weighted by Gasteiger charge is 2.22. The lowest BCUT2D eigenvalue weighted by molar-refractivity contribution is -0.123. The van der Waals surface area contributed by atoms with Crippen LogP contribution in [0, 0.1) is 23.3 Å². The van der Waals surface area contributed by atoms with Gasteiger partial charge in [0.1, 0.15) is 0 Å². The Morgan fingerprint density at radius 1 is 1.15 bits per heavy atom. The molecule has 1 N–H and O–H groups in total. The number of ether oxygens (including phenoxy) is 1. The molecule has 0 spiro atoms. The molecule has 0 atom stereocenters. The van der Waals surface area contributed by atoms with Gasteiger partial charge in [-0.25, -0.2) is 8.78 Å². The van der Waals surface area contributed by atoms with E-state index < -0.39 is 41.5 Å². The number of nitrogens with one attached hydrogen (secondary N) is 1. The van der Waals surface area contributed by atoms with Crippen molar-refractivity contribution in [1.82, 2.24) is 5.32 Å². The molecule has 2 rings (SSSR count). The molecule has 1 aromatic carbocycles. The third-order valence-corrected chi connectivity index (χ3v) is 3.14. The molecule has 0 heterocycles. The minimum Gasteiger partial charge on any atom is -0.477 e. The lowest BCUT2D eigenvalue weighted by Gasteiger charge is -2.13. The normalized spacial score (nSPS) is 15.4. The van der Waals surface area contributed by atoms with E-state index >= 15 is 0 Å². The minimum atomic E-state index is -1.66. The van der Waals surface area contributed by atoms with Gasteiger partial charge in [0.2, 0.25) is 11.6 Å². The highest BCUT2D eigenvalue weighted by Crippen LogP contribution is 2.26. The summed E-state index contributed by atoms with van der Waals surface area (Å²) in [5.41, 5.74) is 0. The lowest BCUT2D eigenvalue weighted by Crippen LogP contribution is -2.36. The summed E-state index contributed by atoms with van der Waals surface area (Å²) in [6.45, 7) is -0.701. The van der Waals surface area contributed by atoms with Crippen LogP contribution < -0.4 is 10.1 Å². The molecule has 0 unspecified atom stereocenters. The molecule has 1 aliphatic rings. The molecule has 1 aliphatic carbocycles. The van der Waals surface area contributed by atoms with Crippen LogP contribution in [0.1, 0.15) is 25.7 Å². The van der Waals surface area contributed by atoms with Crippen LogP contribution in [0.5, 0.6) is 5.75 Å². The van der Waals surface area contributed by atoms with Crippen LogP contribution in [0.25, 0.3) is 0 Å². The smallest absolute Gasteiger partial charge is 0.258 e. The Labute approximate surface area is 112 Å². The summed E-state index contributed by atoms with van der Waals surface area (Å²) < 4.78 is 56.9. The monoisotopic (exact) mass is 291 g/mol. The summed E-state index contributed by atoms with van der Waals surface area (Å²) in [5.74, 6) is -8.26. The largest absolute Gasteiger partial charge is 0.477 e. The Balaban J connectivity index is 1.98. The zero-order valence-electron chi connectivity index (χ0n) is 10.5. The molecule has 1 aromatic rings. The Morgan fingerprint density at radius 2 is 1.70 bits per heavy atom. The van der Waals surface area contributed by atoms with Crippen molar-refractivity contribution in [3.05, 3.63) is 29.3 Å².